The smallest absolute Gasteiger partial charge is 0.343 e. The fourth-order valence-corrected chi connectivity index (χ4v) is 5.82. The number of hydrogen-bond acceptors (Lipinski definition) is 8. The van der Waals surface area contributed by atoms with Crippen LogP contribution in [0.1, 0.15) is 52.8 Å². The van der Waals surface area contributed by atoms with E-state index in [4.69, 9.17) is 14.2 Å². The quantitative estimate of drug-likeness (QED) is 0.384. The molecular weight excluding hydrogens is 518 g/mol. The highest BCUT2D eigenvalue weighted by atomic mass is 32.2. The molecule has 2 aliphatic rings. The summed E-state index contributed by atoms with van der Waals surface area (Å²) in [5, 5.41) is 6.78. The third-order valence-electron chi connectivity index (χ3n) is 7.22. The minimum atomic E-state index is -0.494. The predicted octanol–water partition coefficient (Wildman–Crippen LogP) is 4.83. The lowest BCUT2D eigenvalue weighted by molar-refractivity contribution is -0.113. The number of thioether (sulfide) groups is 1. The molecule has 39 heavy (non-hydrogen) atoms. The monoisotopic (exact) mass is 549 g/mol. The minimum absolute atomic E-state index is 0.0505. The van der Waals surface area contributed by atoms with Gasteiger partial charge in [0.1, 0.15) is 11.3 Å². The van der Waals surface area contributed by atoms with E-state index < -0.39 is 5.97 Å². The molecule has 2 N–H and O–H groups in total. The van der Waals surface area contributed by atoms with E-state index in [1.165, 1.54) is 18.9 Å². The molecular formula is C29H31N3O6S. The molecule has 0 bridgehead atoms. The van der Waals surface area contributed by atoms with Gasteiger partial charge in [-0.3, -0.25) is 9.59 Å². The number of hydrogen-bond donors (Lipinski definition) is 2. The standard InChI is InChI=1S/C29H31N3O6S/c1-36-21-9-5-18-13-22(29(35)37-2)28(32-23(18)15-21)38-12-11-17-3-7-20(8-4-17)30-27(34)19-6-10-25-24(14-19)31-26(33)16-39-25/h5-6,9-10,13-15,17,20H,3-4,7-8,11-12,16H2,1-2H3,(H,30,34)(H,31,33)/t17-,20-. The number of nitrogens with zero attached hydrogens (tertiary/aromatic N) is 1. The van der Waals surface area contributed by atoms with E-state index in [0.29, 0.717) is 46.4 Å². The highest BCUT2D eigenvalue weighted by Gasteiger charge is 2.24. The van der Waals surface area contributed by atoms with Crippen molar-refractivity contribution in [1.29, 1.82) is 0 Å². The number of rotatable bonds is 8. The highest BCUT2D eigenvalue weighted by molar-refractivity contribution is 8.00. The Morgan fingerprint density at radius 1 is 1.08 bits per heavy atom. The number of carbonyl (C=O) groups excluding carboxylic acids is 3. The molecule has 0 saturated heterocycles. The second-order valence-electron chi connectivity index (χ2n) is 9.77. The van der Waals surface area contributed by atoms with Crippen LogP contribution in [0.15, 0.2) is 47.4 Å². The van der Waals surface area contributed by atoms with Gasteiger partial charge in [-0.15, -0.1) is 11.8 Å². The van der Waals surface area contributed by atoms with E-state index in [1.54, 1.807) is 31.4 Å². The van der Waals surface area contributed by atoms with Crippen molar-refractivity contribution in [3.8, 4) is 11.6 Å². The lowest BCUT2D eigenvalue weighted by Crippen LogP contribution is -2.37. The number of aromatic nitrogens is 1. The molecule has 1 saturated carbocycles. The largest absolute Gasteiger partial charge is 0.497 e. The normalized spacial score (nSPS) is 18.6. The van der Waals surface area contributed by atoms with Crippen LogP contribution in [-0.2, 0) is 9.53 Å². The number of fused-ring (bicyclic) bond motifs is 2. The third kappa shape index (κ3) is 6.27. The summed E-state index contributed by atoms with van der Waals surface area (Å²) in [7, 11) is 2.93. The molecule has 10 heteroatoms. The Hall–Kier alpha value is -3.79. The number of methoxy groups -OCH3 is 2. The average molecular weight is 550 g/mol. The van der Waals surface area contributed by atoms with Crippen LogP contribution in [0.4, 0.5) is 5.69 Å². The number of nitrogens with one attached hydrogen (secondary N) is 2. The van der Waals surface area contributed by atoms with Crippen LogP contribution in [0, 0.1) is 5.92 Å². The third-order valence-corrected chi connectivity index (χ3v) is 8.29. The van der Waals surface area contributed by atoms with E-state index in [1.807, 2.05) is 18.2 Å². The molecule has 0 spiro atoms. The molecule has 1 aliphatic heterocycles. The SMILES string of the molecule is COC(=O)c1cc2ccc(OC)cc2nc1OCC[C@H]1CC[C@H](NC(=O)c2ccc3c(c2)NC(=O)CS3)CC1. The maximum atomic E-state index is 12.8. The zero-order valence-corrected chi connectivity index (χ0v) is 22.8. The summed E-state index contributed by atoms with van der Waals surface area (Å²) in [5.41, 5.74) is 2.22. The van der Waals surface area contributed by atoms with Crippen molar-refractivity contribution in [1.82, 2.24) is 10.3 Å². The summed E-state index contributed by atoms with van der Waals surface area (Å²) in [5.74, 6) is 1.11. The molecule has 2 aromatic carbocycles. The Morgan fingerprint density at radius 2 is 1.90 bits per heavy atom. The van der Waals surface area contributed by atoms with Gasteiger partial charge >= 0.3 is 5.97 Å². The van der Waals surface area contributed by atoms with Crippen molar-refractivity contribution in [2.75, 3.05) is 31.9 Å². The van der Waals surface area contributed by atoms with E-state index in [9.17, 15) is 14.4 Å². The van der Waals surface area contributed by atoms with Gasteiger partial charge in [-0.05, 0) is 74.4 Å². The van der Waals surface area contributed by atoms with Gasteiger partial charge in [0, 0.05) is 28.0 Å². The first-order valence-corrected chi connectivity index (χ1v) is 14.0. The summed E-state index contributed by atoms with van der Waals surface area (Å²) in [6.07, 6.45) is 4.53. The number of esters is 1. The number of anilines is 1. The minimum Gasteiger partial charge on any atom is -0.497 e. The van der Waals surface area contributed by atoms with Gasteiger partial charge in [-0.1, -0.05) is 0 Å². The van der Waals surface area contributed by atoms with Crippen molar-refractivity contribution >= 4 is 46.1 Å². The summed E-state index contributed by atoms with van der Waals surface area (Å²) in [6.45, 7) is 0.424. The number of benzene rings is 2. The Morgan fingerprint density at radius 3 is 2.67 bits per heavy atom. The van der Waals surface area contributed by atoms with Crippen molar-refractivity contribution in [3.05, 3.63) is 53.6 Å². The van der Waals surface area contributed by atoms with Crippen LogP contribution < -0.4 is 20.1 Å². The second-order valence-corrected chi connectivity index (χ2v) is 10.8. The van der Waals surface area contributed by atoms with Crippen molar-refractivity contribution in [3.63, 3.8) is 0 Å². The first kappa shape index (κ1) is 26.8. The summed E-state index contributed by atoms with van der Waals surface area (Å²) >= 11 is 1.48. The van der Waals surface area contributed by atoms with Crippen LogP contribution in [0.2, 0.25) is 0 Å². The van der Waals surface area contributed by atoms with Gasteiger partial charge in [0.15, 0.2) is 0 Å². The molecule has 2 amide bonds. The van der Waals surface area contributed by atoms with E-state index in [0.717, 1.165) is 42.4 Å². The van der Waals surface area contributed by atoms with E-state index >= 15 is 0 Å². The van der Waals surface area contributed by atoms with Crippen molar-refractivity contribution in [2.24, 2.45) is 5.92 Å². The fourth-order valence-electron chi connectivity index (χ4n) is 5.03. The van der Waals surface area contributed by atoms with Crippen molar-refractivity contribution in [2.45, 2.75) is 43.0 Å². The molecule has 2 heterocycles. The van der Waals surface area contributed by atoms with Crippen LogP contribution >= 0.6 is 11.8 Å². The Bertz CT molecular complexity index is 1400. The lowest BCUT2D eigenvalue weighted by Gasteiger charge is -2.29. The van der Waals surface area contributed by atoms with Crippen LogP contribution in [0.25, 0.3) is 10.9 Å². The average Bonchev–Trinajstić information content (AvgIpc) is 2.96. The molecule has 9 nitrogen and oxygen atoms in total. The first-order chi connectivity index (χ1) is 18.9. The summed E-state index contributed by atoms with van der Waals surface area (Å²) in [4.78, 5) is 42.4. The fraction of sp³-hybridized carbons (Fsp3) is 0.379. The topological polar surface area (TPSA) is 116 Å². The van der Waals surface area contributed by atoms with Gasteiger partial charge < -0.3 is 24.8 Å². The van der Waals surface area contributed by atoms with Crippen LogP contribution in [0.5, 0.6) is 11.6 Å². The molecule has 0 atom stereocenters. The van der Waals surface area contributed by atoms with Crippen LogP contribution in [-0.4, -0.2) is 55.4 Å². The molecule has 5 rings (SSSR count). The lowest BCUT2D eigenvalue weighted by atomic mass is 9.84. The molecule has 0 unspecified atom stereocenters. The summed E-state index contributed by atoms with van der Waals surface area (Å²) in [6, 6.07) is 12.7. The van der Waals surface area contributed by atoms with Crippen LogP contribution in [0.3, 0.4) is 0 Å². The number of carbonyl (C=O) groups is 3. The summed E-state index contributed by atoms with van der Waals surface area (Å²) < 4.78 is 16.2. The van der Waals surface area contributed by atoms with Gasteiger partial charge in [0.2, 0.25) is 11.8 Å². The van der Waals surface area contributed by atoms with E-state index in [-0.39, 0.29) is 23.7 Å². The van der Waals surface area contributed by atoms with Crippen molar-refractivity contribution < 1.29 is 28.6 Å². The molecule has 204 valence electrons. The molecule has 0 radical (unpaired) electrons. The van der Waals surface area contributed by atoms with E-state index in [2.05, 4.69) is 15.6 Å². The second kappa shape index (κ2) is 11.9. The molecule has 1 aromatic heterocycles. The number of ether oxygens (including phenoxy) is 3. The Balaban J connectivity index is 1.13. The first-order valence-electron chi connectivity index (χ1n) is 13.0. The van der Waals surface area contributed by atoms with Gasteiger partial charge in [-0.2, -0.15) is 0 Å². The molecule has 3 aromatic rings. The Kier molecular flexibility index (Phi) is 8.21. The highest BCUT2D eigenvalue weighted by Crippen LogP contribution is 2.33. The molecule has 1 aliphatic carbocycles. The predicted molar refractivity (Wildman–Crippen MR) is 149 cm³/mol. The maximum Gasteiger partial charge on any atom is 0.343 e. The number of amides is 2. The Labute approximate surface area is 231 Å². The maximum absolute atomic E-state index is 12.8. The van der Waals surface area contributed by atoms with Gasteiger partial charge in [-0.25, -0.2) is 9.78 Å². The zero-order valence-electron chi connectivity index (χ0n) is 22.0. The van der Waals surface area contributed by atoms with Gasteiger partial charge in [0.25, 0.3) is 5.91 Å². The zero-order chi connectivity index (χ0) is 27.4. The number of pyridine rings is 1. The molecule has 1 fully saturated rings. The van der Waals surface area contributed by atoms with Gasteiger partial charge in [0.05, 0.1) is 37.8 Å².